The van der Waals surface area contributed by atoms with E-state index in [0.29, 0.717) is 23.1 Å². The molecule has 20 nitrogen and oxygen atoms in total. The van der Waals surface area contributed by atoms with Gasteiger partial charge < -0.3 is 40.2 Å². The molecule has 376 valence electrons. The minimum atomic E-state index is -0.760. The zero-order valence-electron chi connectivity index (χ0n) is 40.1. The molecule has 4 aromatic carbocycles. The number of rotatable bonds is 16. The second-order valence-corrected chi connectivity index (χ2v) is 15.3. The van der Waals surface area contributed by atoms with Crippen LogP contribution in [0.5, 0.6) is 23.0 Å². The molecule has 0 unspecified atom stereocenters. The molecule has 0 aliphatic rings. The summed E-state index contributed by atoms with van der Waals surface area (Å²) < 4.78 is 51.0. The third kappa shape index (κ3) is 14.0. The number of ether oxygens (including phenoxy) is 4. The van der Waals surface area contributed by atoms with Gasteiger partial charge in [0.25, 0.3) is 5.78 Å². The van der Waals surface area contributed by atoms with Crippen molar-refractivity contribution in [3.8, 4) is 34.3 Å². The Morgan fingerprint density at radius 2 is 1.22 bits per heavy atom. The lowest BCUT2D eigenvalue weighted by atomic mass is 10.0. The monoisotopic (exact) mass is 1000 g/mol. The minimum absolute atomic E-state index is 0.0820. The second-order valence-electron chi connectivity index (χ2n) is 15.3. The normalized spacial score (nSPS) is 10.7. The first-order chi connectivity index (χ1) is 35.9. The van der Waals surface area contributed by atoms with Crippen LogP contribution in [0.25, 0.3) is 17.0 Å². The molecule has 0 radical (unpaired) electrons. The maximum Gasteiger partial charge on any atom is 0.343 e. The highest BCUT2D eigenvalue weighted by Crippen LogP contribution is 2.29. The Hall–Kier alpha value is -10.1. The maximum atomic E-state index is 14.7. The van der Waals surface area contributed by atoms with E-state index in [2.05, 4.69) is 50.8 Å². The zero-order chi connectivity index (χ0) is 52.4. The second kappa shape index (κ2) is 25.1. The lowest BCUT2D eigenvalue weighted by Gasteiger charge is -2.11. The highest BCUT2D eigenvalue weighted by atomic mass is 19.1. The summed E-state index contributed by atoms with van der Waals surface area (Å²) in [4.78, 5) is 58.5. The SMILES string of the molecule is CCOC(=O)/C(=C/N(C)C)C(=O)c1ccccc1F.CCOC(=O)c1cnc2nc(Nc3ccc(Oc4ccncc4)cc3)nn2c1-c1ccccc1F.Nc1nc(Nc2ccc(Oc3ccncc3)cc2)n[nH]1. The van der Waals surface area contributed by atoms with Gasteiger partial charge in [0.15, 0.2) is 0 Å². The minimum Gasteiger partial charge on any atom is -0.462 e. The summed E-state index contributed by atoms with van der Waals surface area (Å²) in [6, 6.07) is 33.3. The number of halogens is 2. The first kappa shape index (κ1) is 51.7. The number of fused-ring (bicyclic) bond motifs is 1. The van der Waals surface area contributed by atoms with Gasteiger partial charge in [-0.1, -0.05) is 24.3 Å². The number of nitrogens with two attached hydrogens (primary N) is 1. The van der Waals surface area contributed by atoms with Crippen LogP contribution in [0.4, 0.5) is 38.0 Å². The summed E-state index contributed by atoms with van der Waals surface area (Å²) in [6.45, 7) is 3.64. The highest BCUT2D eigenvalue weighted by molar-refractivity contribution is 6.24. The number of esters is 2. The van der Waals surface area contributed by atoms with Crippen LogP contribution in [0.3, 0.4) is 0 Å². The van der Waals surface area contributed by atoms with Crippen LogP contribution in [-0.2, 0) is 14.3 Å². The molecule has 74 heavy (non-hydrogen) atoms. The van der Waals surface area contributed by atoms with Gasteiger partial charge >= 0.3 is 11.9 Å². The van der Waals surface area contributed by atoms with Crippen LogP contribution in [0, 0.1) is 11.6 Å². The molecule has 9 rings (SSSR count). The molecule has 0 atom stereocenters. The van der Waals surface area contributed by atoms with Gasteiger partial charge in [-0.2, -0.15) is 14.5 Å². The molecule has 0 bridgehead atoms. The van der Waals surface area contributed by atoms with Gasteiger partial charge in [0.05, 0.1) is 24.5 Å². The molecule has 9 aromatic rings. The number of pyridine rings is 2. The number of anilines is 5. The Bertz CT molecular complexity index is 3340. The molecule has 22 heteroatoms. The van der Waals surface area contributed by atoms with E-state index in [9.17, 15) is 23.2 Å². The summed E-state index contributed by atoms with van der Waals surface area (Å²) in [5.41, 5.74) is 7.10. The quantitative estimate of drug-likeness (QED) is 0.0231. The predicted octanol–water partition coefficient (Wildman–Crippen LogP) is 9.37. The van der Waals surface area contributed by atoms with Crippen molar-refractivity contribution in [1.29, 1.82) is 0 Å². The zero-order valence-corrected chi connectivity index (χ0v) is 40.1. The highest BCUT2D eigenvalue weighted by Gasteiger charge is 2.25. The molecule has 0 saturated heterocycles. The van der Waals surface area contributed by atoms with E-state index in [4.69, 9.17) is 24.7 Å². The first-order valence-corrected chi connectivity index (χ1v) is 22.5. The van der Waals surface area contributed by atoms with Crippen molar-refractivity contribution >= 4 is 52.7 Å². The number of nitrogens with one attached hydrogen (secondary N) is 3. The predicted molar refractivity (Wildman–Crippen MR) is 270 cm³/mol. The lowest BCUT2D eigenvalue weighted by molar-refractivity contribution is -0.138. The number of hydrogen-bond donors (Lipinski definition) is 4. The number of H-pyrrole nitrogens is 1. The number of benzene rings is 4. The summed E-state index contributed by atoms with van der Waals surface area (Å²) in [7, 11) is 3.32. The number of carbonyl (C=O) groups excluding carboxylic acids is 3. The van der Waals surface area contributed by atoms with Crippen molar-refractivity contribution in [2.24, 2.45) is 0 Å². The molecule has 5 aromatic heterocycles. The van der Waals surface area contributed by atoms with Gasteiger partial charge in [0.2, 0.25) is 23.6 Å². The van der Waals surface area contributed by atoms with Gasteiger partial charge in [0.1, 0.15) is 45.8 Å². The summed E-state index contributed by atoms with van der Waals surface area (Å²) in [5.74, 6) is 0.634. The van der Waals surface area contributed by atoms with Crippen molar-refractivity contribution in [2.75, 3.05) is 43.7 Å². The van der Waals surface area contributed by atoms with E-state index >= 15 is 0 Å². The van der Waals surface area contributed by atoms with Crippen molar-refractivity contribution < 1.29 is 42.1 Å². The first-order valence-electron chi connectivity index (χ1n) is 22.5. The molecule has 0 fully saturated rings. The van der Waals surface area contributed by atoms with E-state index in [1.807, 2.05) is 24.3 Å². The maximum absolute atomic E-state index is 14.7. The van der Waals surface area contributed by atoms with Crippen LogP contribution >= 0.6 is 0 Å². The van der Waals surface area contributed by atoms with Crippen LogP contribution < -0.4 is 25.8 Å². The number of ketones is 1. The largest absolute Gasteiger partial charge is 0.462 e. The van der Waals surface area contributed by atoms with Gasteiger partial charge in [-0.05, 0) is 111 Å². The number of nitrogen functional groups attached to an aromatic ring is 1. The number of nitrogens with zero attached hydrogens (tertiary/aromatic N) is 9. The Morgan fingerprint density at radius 1 is 0.676 bits per heavy atom. The number of Topliss-reactive ketones (excluding diaryl/α,β-unsaturated/α-hetero) is 1. The molecule has 0 amide bonds. The van der Waals surface area contributed by atoms with Crippen molar-refractivity contribution in [1.82, 2.24) is 49.6 Å². The molecule has 0 spiro atoms. The third-order valence-electron chi connectivity index (χ3n) is 9.73. The number of carbonyl (C=O) groups is 3. The van der Waals surface area contributed by atoms with Gasteiger partial charge in [0, 0.05) is 68.2 Å². The Kier molecular flexibility index (Phi) is 17.6. The fourth-order valence-corrected chi connectivity index (χ4v) is 6.51. The Balaban J connectivity index is 0.000000175. The summed E-state index contributed by atoms with van der Waals surface area (Å²) in [5, 5.41) is 17.0. The average Bonchev–Trinajstić information content (AvgIpc) is 4.02. The van der Waals surface area contributed by atoms with Gasteiger partial charge in [-0.3, -0.25) is 14.8 Å². The van der Waals surface area contributed by atoms with Gasteiger partial charge in [-0.25, -0.2) is 28.5 Å². The molecule has 0 aliphatic carbocycles. The lowest BCUT2D eigenvalue weighted by Crippen LogP contribution is -2.20. The summed E-state index contributed by atoms with van der Waals surface area (Å²) >= 11 is 0. The molecule has 5 heterocycles. The molecule has 0 saturated carbocycles. The van der Waals surface area contributed by atoms with Crippen molar-refractivity contribution in [3.05, 3.63) is 187 Å². The fourth-order valence-electron chi connectivity index (χ4n) is 6.51. The molecular formula is C52H47F2N13O7. The molecule has 5 N–H and O–H groups in total. The standard InChI is InChI=1S/C25H19FN6O3.C14H16FNO3.C13H12N6O/c1-2-34-23(33)20-15-28-25-30-24(31-32(25)22(20)19-5-3-4-6-21(19)26)29-16-7-9-17(10-8-16)35-18-11-13-27-14-12-18;1-4-19-14(18)11(9-16(2)3)13(17)10-7-5-6-8-12(10)15;14-12-17-13(19-18-12)16-9-1-3-10(4-2-9)20-11-5-7-15-8-6-11/h3-15H,2H2,1H3,(H,29,31);5-9H,4H2,1-3H3;1-8H,(H4,14,16,17,18,19)/b;11-9+;. The van der Waals surface area contributed by atoms with Crippen LogP contribution in [0.1, 0.15) is 34.6 Å². The van der Waals surface area contributed by atoms with Crippen LogP contribution in [-0.4, -0.2) is 94.7 Å². The van der Waals surface area contributed by atoms with Gasteiger partial charge in [-0.15, -0.1) is 10.2 Å². The van der Waals surface area contributed by atoms with E-state index in [1.54, 1.807) is 119 Å². The Labute approximate surface area is 421 Å². The Morgan fingerprint density at radius 3 is 1.74 bits per heavy atom. The number of hydrogen-bond acceptors (Lipinski definition) is 18. The van der Waals surface area contributed by atoms with Crippen LogP contribution in [0.2, 0.25) is 0 Å². The average molecular weight is 1000 g/mol. The number of aromatic amines is 1. The third-order valence-corrected chi connectivity index (χ3v) is 9.73. The van der Waals surface area contributed by atoms with Crippen LogP contribution in [0.15, 0.2) is 164 Å². The van der Waals surface area contributed by atoms with Crippen molar-refractivity contribution in [3.63, 3.8) is 0 Å². The molecular weight excluding hydrogens is 957 g/mol. The number of aromatic nitrogens is 9. The smallest absolute Gasteiger partial charge is 0.343 e. The van der Waals surface area contributed by atoms with E-state index in [1.165, 1.54) is 52.1 Å². The topological polar surface area (TPSA) is 252 Å². The summed E-state index contributed by atoms with van der Waals surface area (Å²) in [6.07, 6.45) is 9.30. The van der Waals surface area contributed by atoms with E-state index < -0.39 is 29.4 Å². The van der Waals surface area contributed by atoms with E-state index in [-0.39, 0.29) is 58.8 Å². The van der Waals surface area contributed by atoms with Crippen molar-refractivity contribution in [2.45, 2.75) is 13.8 Å². The molecule has 0 aliphatic heterocycles. The van der Waals surface area contributed by atoms with E-state index in [0.717, 1.165) is 17.2 Å². The fraction of sp³-hybridized carbons (Fsp3) is 0.115.